The first kappa shape index (κ1) is 14.4. The van der Waals surface area contributed by atoms with Crippen LogP contribution < -0.4 is 9.47 Å². The summed E-state index contributed by atoms with van der Waals surface area (Å²) in [5.41, 5.74) is 0.792. The second-order valence-electron chi connectivity index (χ2n) is 4.29. The van der Waals surface area contributed by atoms with Crippen LogP contribution in [0.5, 0.6) is 11.5 Å². The highest BCUT2D eigenvalue weighted by molar-refractivity contribution is 6.32. The third kappa shape index (κ3) is 2.96. The highest BCUT2D eigenvalue weighted by Gasteiger charge is 2.36. The van der Waals surface area contributed by atoms with Crippen molar-refractivity contribution in [1.82, 2.24) is 0 Å². The molecule has 106 valence electrons. The van der Waals surface area contributed by atoms with Gasteiger partial charge in [0, 0.05) is 6.07 Å². The molecule has 0 saturated carbocycles. The number of hydrogen-bond acceptors (Lipinski definition) is 4. The first-order valence-corrected chi connectivity index (χ1v) is 6.86. The van der Waals surface area contributed by atoms with E-state index in [0.29, 0.717) is 42.9 Å². The summed E-state index contributed by atoms with van der Waals surface area (Å²) in [6, 6.07) is 3.59. The van der Waals surface area contributed by atoms with Crippen LogP contribution in [0, 0.1) is 0 Å². The van der Waals surface area contributed by atoms with E-state index in [-0.39, 0.29) is 0 Å². The van der Waals surface area contributed by atoms with Crippen molar-refractivity contribution in [3.05, 3.63) is 22.7 Å². The van der Waals surface area contributed by atoms with Crippen LogP contribution in [0.2, 0.25) is 5.02 Å². The lowest BCUT2D eigenvalue weighted by Crippen LogP contribution is -2.23. The maximum atomic E-state index is 6.23. The Morgan fingerprint density at radius 1 is 1.11 bits per heavy atom. The molecule has 1 aliphatic rings. The Labute approximate surface area is 118 Å². The highest BCUT2D eigenvalue weighted by Crippen LogP contribution is 2.42. The van der Waals surface area contributed by atoms with Crippen LogP contribution in [0.15, 0.2) is 12.1 Å². The zero-order valence-corrected chi connectivity index (χ0v) is 12.3. The van der Waals surface area contributed by atoms with Gasteiger partial charge in [0.15, 0.2) is 5.79 Å². The third-order valence-electron chi connectivity index (χ3n) is 2.96. The Hall–Kier alpha value is -0.970. The van der Waals surface area contributed by atoms with E-state index in [1.54, 1.807) is 12.1 Å². The summed E-state index contributed by atoms with van der Waals surface area (Å²) in [5, 5.41) is 0.528. The van der Waals surface area contributed by atoms with Crippen LogP contribution in [0.3, 0.4) is 0 Å². The lowest BCUT2D eigenvalue weighted by Gasteiger charge is -2.26. The summed E-state index contributed by atoms with van der Waals surface area (Å²) in [7, 11) is 0. The maximum Gasteiger partial charge on any atom is 0.195 e. The molecule has 0 bridgehead atoms. The van der Waals surface area contributed by atoms with E-state index in [2.05, 4.69) is 0 Å². The van der Waals surface area contributed by atoms with Crippen LogP contribution in [-0.2, 0) is 15.3 Å². The van der Waals surface area contributed by atoms with Crippen LogP contribution >= 0.6 is 11.6 Å². The van der Waals surface area contributed by atoms with Crippen LogP contribution in [0.25, 0.3) is 0 Å². The molecule has 5 heteroatoms. The molecule has 0 atom stereocenters. The second-order valence-corrected chi connectivity index (χ2v) is 4.69. The van der Waals surface area contributed by atoms with Gasteiger partial charge >= 0.3 is 0 Å². The van der Waals surface area contributed by atoms with E-state index in [1.807, 2.05) is 20.8 Å². The number of rotatable bonds is 5. The summed E-state index contributed by atoms with van der Waals surface area (Å²) < 4.78 is 22.5. The predicted molar refractivity (Wildman–Crippen MR) is 73.0 cm³/mol. The van der Waals surface area contributed by atoms with Crippen molar-refractivity contribution < 1.29 is 18.9 Å². The van der Waals surface area contributed by atoms with Crippen LogP contribution in [0.1, 0.15) is 26.3 Å². The molecule has 0 N–H and O–H groups in total. The van der Waals surface area contributed by atoms with Crippen molar-refractivity contribution in [2.75, 3.05) is 26.4 Å². The van der Waals surface area contributed by atoms with Gasteiger partial charge in [-0.25, -0.2) is 0 Å². The zero-order chi connectivity index (χ0) is 13.9. The Balaban J connectivity index is 2.43. The van der Waals surface area contributed by atoms with Gasteiger partial charge in [0.05, 0.1) is 37.0 Å². The second kappa shape index (κ2) is 5.99. The molecule has 0 spiro atoms. The van der Waals surface area contributed by atoms with Crippen LogP contribution in [-0.4, -0.2) is 26.4 Å². The molecule has 0 aromatic heterocycles. The number of hydrogen-bond donors (Lipinski definition) is 0. The monoisotopic (exact) mass is 286 g/mol. The summed E-state index contributed by atoms with van der Waals surface area (Å²) in [6.45, 7) is 7.94. The molecule has 1 saturated heterocycles. The molecule has 0 radical (unpaired) electrons. The van der Waals surface area contributed by atoms with Gasteiger partial charge in [0.1, 0.15) is 11.5 Å². The van der Waals surface area contributed by atoms with Crippen molar-refractivity contribution in [2.24, 2.45) is 0 Å². The lowest BCUT2D eigenvalue weighted by atomic mass is 10.1. The zero-order valence-electron chi connectivity index (χ0n) is 11.5. The molecule has 19 heavy (non-hydrogen) atoms. The van der Waals surface area contributed by atoms with Crippen molar-refractivity contribution >= 4 is 11.6 Å². The predicted octanol–water partition coefficient (Wildman–Crippen LogP) is 3.36. The molecule has 1 heterocycles. The first-order valence-electron chi connectivity index (χ1n) is 6.48. The minimum atomic E-state index is -0.807. The maximum absolute atomic E-state index is 6.23. The minimum absolute atomic E-state index is 0.528. The fourth-order valence-corrected chi connectivity index (χ4v) is 2.32. The fraction of sp³-hybridized carbons (Fsp3) is 0.571. The summed E-state index contributed by atoms with van der Waals surface area (Å²) in [5.74, 6) is 0.483. The summed E-state index contributed by atoms with van der Waals surface area (Å²) in [6.07, 6.45) is 0. The van der Waals surface area contributed by atoms with Crippen molar-refractivity contribution in [3.8, 4) is 11.5 Å². The first-order chi connectivity index (χ1) is 9.10. The summed E-state index contributed by atoms with van der Waals surface area (Å²) in [4.78, 5) is 0. The van der Waals surface area contributed by atoms with Gasteiger partial charge < -0.3 is 18.9 Å². The van der Waals surface area contributed by atoms with E-state index in [9.17, 15) is 0 Å². The normalized spacial score (nSPS) is 17.5. The third-order valence-corrected chi connectivity index (χ3v) is 3.26. The average molecular weight is 287 g/mol. The van der Waals surface area contributed by atoms with E-state index in [1.165, 1.54) is 0 Å². The fourth-order valence-electron chi connectivity index (χ4n) is 2.10. The molecule has 1 aromatic carbocycles. The van der Waals surface area contributed by atoms with Gasteiger partial charge in [0.25, 0.3) is 0 Å². The Bertz CT molecular complexity index is 441. The Morgan fingerprint density at radius 2 is 1.68 bits per heavy atom. The van der Waals surface area contributed by atoms with Crippen LogP contribution in [0.4, 0.5) is 0 Å². The van der Waals surface area contributed by atoms with Gasteiger partial charge in [-0.2, -0.15) is 0 Å². The molecular formula is C14H19ClO4. The Kier molecular flexibility index (Phi) is 4.55. The van der Waals surface area contributed by atoms with Crippen molar-refractivity contribution in [1.29, 1.82) is 0 Å². The molecule has 0 unspecified atom stereocenters. The standard InChI is InChI=1S/C14H19ClO4/c1-4-16-12-9-13(17-5-2)11(15)8-10(12)14(3)18-6-7-19-14/h8-9H,4-7H2,1-3H3. The minimum Gasteiger partial charge on any atom is -0.493 e. The molecule has 2 rings (SSSR count). The molecule has 4 nitrogen and oxygen atoms in total. The number of halogens is 1. The molecule has 1 aliphatic heterocycles. The van der Waals surface area contributed by atoms with Gasteiger partial charge in [-0.05, 0) is 26.8 Å². The quantitative estimate of drug-likeness (QED) is 0.832. The van der Waals surface area contributed by atoms with Crippen molar-refractivity contribution in [3.63, 3.8) is 0 Å². The Morgan fingerprint density at radius 3 is 2.26 bits per heavy atom. The van der Waals surface area contributed by atoms with E-state index >= 15 is 0 Å². The molecule has 1 fully saturated rings. The van der Waals surface area contributed by atoms with E-state index in [4.69, 9.17) is 30.5 Å². The van der Waals surface area contributed by atoms with Crippen molar-refractivity contribution in [2.45, 2.75) is 26.6 Å². The topological polar surface area (TPSA) is 36.9 Å². The SMILES string of the molecule is CCOc1cc(OCC)c(C2(C)OCCO2)cc1Cl. The lowest BCUT2D eigenvalue weighted by molar-refractivity contribution is -0.150. The van der Waals surface area contributed by atoms with Gasteiger partial charge in [-0.3, -0.25) is 0 Å². The number of benzene rings is 1. The molecule has 0 amide bonds. The number of ether oxygens (including phenoxy) is 4. The molecule has 1 aromatic rings. The van der Waals surface area contributed by atoms with E-state index < -0.39 is 5.79 Å². The highest BCUT2D eigenvalue weighted by atomic mass is 35.5. The van der Waals surface area contributed by atoms with E-state index in [0.717, 1.165) is 5.56 Å². The smallest absolute Gasteiger partial charge is 0.195 e. The molecule has 0 aliphatic carbocycles. The molecular weight excluding hydrogens is 268 g/mol. The van der Waals surface area contributed by atoms with Gasteiger partial charge in [-0.1, -0.05) is 11.6 Å². The summed E-state index contributed by atoms with van der Waals surface area (Å²) >= 11 is 6.23. The largest absolute Gasteiger partial charge is 0.493 e. The average Bonchev–Trinajstić information content (AvgIpc) is 2.81. The van der Waals surface area contributed by atoms with Gasteiger partial charge in [-0.15, -0.1) is 0 Å². The van der Waals surface area contributed by atoms with Gasteiger partial charge in [0.2, 0.25) is 0 Å².